The van der Waals surface area contributed by atoms with E-state index in [1.165, 1.54) is 19.3 Å². The molecule has 1 N–H and O–H groups in total. The lowest BCUT2D eigenvalue weighted by Gasteiger charge is -2.15. The van der Waals surface area contributed by atoms with E-state index in [0.29, 0.717) is 6.04 Å². The van der Waals surface area contributed by atoms with Gasteiger partial charge in [-0.3, -0.25) is 0 Å². The molecule has 3 heteroatoms. The Bertz CT molecular complexity index is 376. The summed E-state index contributed by atoms with van der Waals surface area (Å²) in [6.45, 7) is 3.06. The highest BCUT2D eigenvalue weighted by Crippen LogP contribution is 2.33. The molecule has 2 nitrogen and oxygen atoms in total. The molecule has 1 aliphatic rings. The standard InChI is InChI=1S/C14H20ClNO/c1-10(7-11-3-4-11)16-9-12-8-13(15)5-6-14(12)17-2/h5-6,8,10-11,16H,3-4,7,9H2,1-2H3. The van der Waals surface area contributed by atoms with E-state index < -0.39 is 0 Å². The van der Waals surface area contributed by atoms with Gasteiger partial charge in [-0.05, 0) is 37.5 Å². The summed E-state index contributed by atoms with van der Waals surface area (Å²) in [6.07, 6.45) is 4.10. The number of ether oxygens (including phenoxy) is 1. The van der Waals surface area contributed by atoms with Crippen LogP contribution < -0.4 is 10.1 Å². The number of hydrogen-bond acceptors (Lipinski definition) is 2. The van der Waals surface area contributed by atoms with Gasteiger partial charge in [0.05, 0.1) is 7.11 Å². The summed E-state index contributed by atoms with van der Waals surface area (Å²) in [4.78, 5) is 0. The van der Waals surface area contributed by atoms with E-state index in [1.807, 2.05) is 18.2 Å². The second-order valence-corrected chi connectivity index (χ2v) is 5.35. The lowest BCUT2D eigenvalue weighted by Crippen LogP contribution is -2.26. The fourth-order valence-electron chi connectivity index (χ4n) is 2.11. The molecule has 1 fully saturated rings. The lowest BCUT2D eigenvalue weighted by atomic mass is 10.1. The monoisotopic (exact) mass is 253 g/mol. The van der Waals surface area contributed by atoms with Gasteiger partial charge in [0.1, 0.15) is 5.75 Å². The molecular formula is C14H20ClNO. The number of hydrogen-bond donors (Lipinski definition) is 1. The molecule has 0 saturated heterocycles. The molecule has 1 aliphatic carbocycles. The summed E-state index contributed by atoms with van der Waals surface area (Å²) in [6, 6.07) is 6.31. The van der Waals surface area contributed by atoms with E-state index in [-0.39, 0.29) is 0 Å². The van der Waals surface area contributed by atoms with Crippen LogP contribution in [0, 0.1) is 5.92 Å². The van der Waals surface area contributed by atoms with Crippen molar-refractivity contribution in [1.29, 1.82) is 0 Å². The third-order valence-electron chi connectivity index (χ3n) is 3.27. The highest BCUT2D eigenvalue weighted by molar-refractivity contribution is 6.30. The van der Waals surface area contributed by atoms with E-state index in [2.05, 4.69) is 12.2 Å². The summed E-state index contributed by atoms with van der Waals surface area (Å²) in [5.41, 5.74) is 1.13. The minimum atomic E-state index is 0.561. The summed E-state index contributed by atoms with van der Waals surface area (Å²) < 4.78 is 5.33. The van der Waals surface area contributed by atoms with Gasteiger partial charge in [0.2, 0.25) is 0 Å². The first-order valence-electron chi connectivity index (χ1n) is 6.25. The van der Waals surface area contributed by atoms with Crippen LogP contribution in [0.15, 0.2) is 18.2 Å². The average molecular weight is 254 g/mol. The SMILES string of the molecule is COc1ccc(Cl)cc1CNC(C)CC1CC1. The maximum Gasteiger partial charge on any atom is 0.123 e. The van der Waals surface area contributed by atoms with Gasteiger partial charge >= 0.3 is 0 Å². The zero-order valence-corrected chi connectivity index (χ0v) is 11.3. The number of benzene rings is 1. The maximum absolute atomic E-state index is 6.00. The Kier molecular flexibility index (Phi) is 4.30. The van der Waals surface area contributed by atoms with Crippen LogP contribution in [0.4, 0.5) is 0 Å². The first-order chi connectivity index (χ1) is 8.19. The van der Waals surface area contributed by atoms with Crippen LogP contribution >= 0.6 is 11.6 Å². The Morgan fingerprint density at radius 1 is 1.47 bits per heavy atom. The molecule has 1 unspecified atom stereocenters. The van der Waals surface area contributed by atoms with Crippen molar-refractivity contribution in [3.63, 3.8) is 0 Å². The Hall–Kier alpha value is -0.730. The van der Waals surface area contributed by atoms with Gasteiger partial charge in [0.15, 0.2) is 0 Å². The summed E-state index contributed by atoms with van der Waals surface area (Å²) >= 11 is 6.00. The first-order valence-corrected chi connectivity index (χ1v) is 6.62. The average Bonchev–Trinajstić information content (AvgIpc) is 3.10. The van der Waals surface area contributed by atoms with E-state index in [9.17, 15) is 0 Å². The molecule has 0 bridgehead atoms. The molecule has 0 heterocycles. The summed E-state index contributed by atoms with van der Waals surface area (Å²) in [5, 5.41) is 4.30. The van der Waals surface area contributed by atoms with Crippen LogP contribution in [0.1, 0.15) is 31.7 Å². The third kappa shape index (κ3) is 3.90. The smallest absolute Gasteiger partial charge is 0.123 e. The van der Waals surface area contributed by atoms with Gasteiger partial charge in [0, 0.05) is 23.2 Å². The summed E-state index contributed by atoms with van der Waals surface area (Å²) in [7, 11) is 1.69. The van der Waals surface area contributed by atoms with Gasteiger partial charge < -0.3 is 10.1 Å². The van der Waals surface area contributed by atoms with Crippen molar-refractivity contribution in [2.75, 3.05) is 7.11 Å². The molecule has 2 rings (SSSR count). The van der Waals surface area contributed by atoms with Crippen LogP contribution in [0.25, 0.3) is 0 Å². The molecule has 0 radical (unpaired) electrons. The quantitative estimate of drug-likeness (QED) is 0.836. The molecule has 0 spiro atoms. The van der Waals surface area contributed by atoms with Gasteiger partial charge in [0.25, 0.3) is 0 Å². The van der Waals surface area contributed by atoms with Gasteiger partial charge in [-0.2, -0.15) is 0 Å². The molecule has 94 valence electrons. The van der Waals surface area contributed by atoms with Crippen LogP contribution in [-0.4, -0.2) is 13.2 Å². The topological polar surface area (TPSA) is 21.3 Å². The minimum Gasteiger partial charge on any atom is -0.496 e. The Morgan fingerprint density at radius 3 is 2.88 bits per heavy atom. The predicted molar refractivity (Wildman–Crippen MR) is 71.6 cm³/mol. The number of methoxy groups -OCH3 is 1. The van der Waals surface area contributed by atoms with Crippen molar-refractivity contribution in [3.8, 4) is 5.75 Å². The van der Waals surface area contributed by atoms with Crippen LogP contribution in [-0.2, 0) is 6.54 Å². The minimum absolute atomic E-state index is 0.561. The molecule has 1 saturated carbocycles. The highest BCUT2D eigenvalue weighted by Gasteiger charge is 2.23. The fraction of sp³-hybridized carbons (Fsp3) is 0.571. The Labute approximate surface area is 108 Å². The first kappa shape index (κ1) is 12.7. The molecule has 0 amide bonds. The molecule has 1 aromatic rings. The van der Waals surface area contributed by atoms with E-state index in [0.717, 1.165) is 28.8 Å². The van der Waals surface area contributed by atoms with Crippen molar-refractivity contribution >= 4 is 11.6 Å². The van der Waals surface area contributed by atoms with Crippen LogP contribution in [0.3, 0.4) is 0 Å². The zero-order valence-electron chi connectivity index (χ0n) is 10.5. The van der Waals surface area contributed by atoms with E-state index in [1.54, 1.807) is 7.11 Å². The molecule has 0 aliphatic heterocycles. The lowest BCUT2D eigenvalue weighted by molar-refractivity contribution is 0.404. The highest BCUT2D eigenvalue weighted by atomic mass is 35.5. The maximum atomic E-state index is 6.00. The largest absolute Gasteiger partial charge is 0.496 e. The normalized spacial score (nSPS) is 16.9. The number of nitrogens with one attached hydrogen (secondary N) is 1. The molecule has 1 aromatic carbocycles. The van der Waals surface area contributed by atoms with Crippen molar-refractivity contribution in [3.05, 3.63) is 28.8 Å². The van der Waals surface area contributed by atoms with Gasteiger partial charge in [-0.25, -0.2) is 0 Å². The predicted octanol–water partition coefficient (Wildman–Crippen LogP) is 3.63. The van der Waals surface area contributed by atoms with E-state index in [4.69, 9.17) is 16.3 Å². The fourth-order valence-corrected chi connectivity index (χ4v) is 2.30. The zero-order chi connectivity index (χ0) is 12.3. The van der Waals surface area contributed by atoms with Crippen molar-refractivity contribution in [2.45, 2.75) is 38.8 Å². The van der Waals surface area contributed by atoms with Crippen molar-refractivity contribution < 1.29 is 4.74 Å². The van der Waals surface area contributed by atoms with Crippen molar-refractivity contribution in [2.24, 2.45) is 5.92 Å². The Morgan fingerprint density at radius 2 is 2.24 bits per heavy atom. The molecule has 1 atom stereocenters. The second-order valence-electron chi connectivity index (χ2n) is 4.92. The summed E-state index contributed by atoms with van der Waals surface area (Å²) in [5.74, 6) is 1.86. The van der Waals surface area contributed by atoms with E-state index >= 15 is 0 Å². The molecule has 17 heavy (non-hydrogen) atoms. The van der Waals surface area contributed by atoms with Gasteiger partial charge in [-0.15, -0.1) is 0 Å². The molecular weight excluding hydrogens is 234 g/mol. The Balaban J connectivity index is 1.89. The van der Waals surface area contributed by atoms with Crippen LogP contribution in [0.2, 0.25) is 5.02 Å². The second kappa shape index (κ2) is 5.74. The molecule has 0 aromatic heterocycles. The number of halogens is 1. The van der Waals surface area contributed by atoms with Gasteiger partial charge in [-0.1, -0.05) is 24.4 Å². The van der Waals surface area contributed by atoms with Crippen LogP contribution in [0.5, 0.6) is 5.75 Å². The van der Waals surface area contributed by atoms with Crippen molar-refractivity contribution in [1.82, 2.24) is 5.32 Å². The third-order valence-corrected chi connectivity index (χ3v) is 3.50. The number of rotatable bonds is 6.